The van der Waals surface area contributed by atoms with Crippen molar-refractivity contribution in [2.75, 3.05) is 11.9 Å². The number of anilines is 1. The third-order valence-electron chi connectivity index (χ3n) is 4.03. The van der Waals surface area contributed by atoms with Gasteiger partial charge in [-0.2, -0.15) is 0 Å². The van der Waals surface area contributed by atoms with Gasteiger partial charge in [0.2, 0.25) is 0 Å². The molecule has 25 heavy (non-hydrogen) atoms. The Labute approximate surface area is 149 Å². The number of aromatic nitrogens is 2. The number of pyridine rings is 2. The predicted molar refractivity (Wildman–Crippen MR) is 106 cm³/mol. The van der Waals surface area contributed by atoms with Crippen LogP contribution >= 0.6 is 0 Å². The number of fused-ring (bicyclic) bond motifs is 1. The normalized spacial score (nSPS) is 14.5. The van der Waals surface area contributed by atoms with E-state index in [2.05, 4.69) is 34.4 Å². The molecular formula is C20H28N4O. The van der Waals surface area contributed by atoms with E-state index in [4.69, 9.17) is 5.73 Å². The topological polar surface area (TPSA) is 83.8 Å². The molecule has 0 radical (unpaired) electrons. The Hall–Kier alpha value is -2.40. The van der Waals surface area contributed by atoms with E-state index in [1.807, 2.05) is 32.1 Å². The van der Waals surface area contributed by atoms with Crippen molar-refractivity contribution in [1.29, 1.82) is 0 Å². The van der Waals surface area contributed by atoms with Gasteiger partial charge in [-0.05, 0) is 55.3 Å². The average molecular weight is 340 g/mol. The summed E-state index contributed by atoms with van der Waals surface area (Å²) in [5, 5.41) is 4.80. The summed E-state index contributed by atoms with van der Waals surface area (Å²) in [6.45, 7) is 6.72. The Morgan fingerprint density at radius 1 is 1.36 bits per heavy atom. The largest absolute Gasteiger partial charge is 0.340 e. The summed E-state index contributed by atoms with van der Waals surface area (Å²) in [5.41, 5.74) is 7.53. The van der Waals surface area contributed by atoms with Crippen LogP contribution in [0.3, 0.4) is 0 Å². The highest BCUT2D eigenvalue weighted by atomic mass is 16.1. The highest BCUT2D eigenvalue weighted by Crippen LogP contribution is 2.23. The SMILES string of the molecule is CC.CC(CN)Cc1cc2cc[nH]c(=O)c2c(NC2=CCCC=C2)n1. The van der Waals surface area contributed by atoms with E-state index in [0.717, 1.165) is 36.0 Å². The molecule has 0 spiro atoms. The Morgan fingerprint density at radius 2 is 2.16 bits per heavy atom. The molecule has 3 rings (SSSR count). The first-order valence-electron chi connectivity index (χ1n) is 9.02. The van der Waals surface area contributed by atoms with E-state index >= 15 is 0 Å². The van der Waals surface area contributed by atoms with E-state index in [1.54, 1.807) is 6.20 Å². The van der Waals surface area contributed by atoms with E-state index in [-0.39, 0.29) is 5.56 Å². The summed E-state index contributed by atoms with van der Waals surface area (Å²) in [4.78, 5) is 19.7. The Kier molecular flexibility index (Phi) is 6.95. The second-order valence-electron chi connectivity index (χ2n) is 6.04. The van der Waals surface area contributed by atoms with Crippen LogP contribution in [-0.2, 0) is 6.42 Å². The first kappa shape index (κ1) is 18.9. The van der Waals surface area contributed by atoms with Crippen molar-refractivity contribution in [2.24, 2.45) is 11.7 Å². The number of H-pyrrole nitrogens is 1. The van der Waals surface area contributed by atoms with Crippen LogP contribution in [0.1, 0.15) is 39.3 Å². The van der Waals surface area contributed by atoms with Crippen molar-refractivity contribution < 1.29 is 0 Å². The number of rotatable bonds is 5. The molecule has 0 saturated carbocycles. The van der Waals surface area contributed by atoms with Crippen LogP contribution in [0.5, 0.6) is 0 Å². The van der Waals surface area contributed by atoms with Crippen LogP contribution < -0.4 is 16.6 Å². The molecule has 0 aromatic carbocycles. The Bertz CT molecular complexity index is 820. The van der Waals surface area contributed by atoms with Gasteiger partial charge in [0.05, 0.1) is 5.39 Å². The number of allylic oxidation sites excluding steroid dienone is 3. The van der Waals surface area contributed by atoms with Crippen molar-refractivity contribution in [3.63, 3.8) is 0 Å². The number of nitrogens with two attached hydrogens (primary N) is 1. The molecule has 2 heterocycles. The molecule has 0 bridgehead atoms. The van der Waals surface area contributed by atoms with Crippen molar-refractivity contribution in [3.8, 4) is 0 Å². The molecule has 2 aromatic rings. The first-order chi connectivity index (χ1) is 12.2. The summed E-state index contributed by atoms with van der Waals surface area (Å²) < 4.78 is 0. The minimum atomic E-state index is -0.128. The van der Waals surface area contributed by atoms with Gasteiger partial charge in [-0.15, -0.1) is 0 Å². The van der Waals surface area contributed by atoms with Crippen LogP contribution in [0.2, 0.25) is 0 Å². The average Bonchev–Trinajstić information content (AvgIpc) is 2.64. The number of nitrogens with zero attached hydrogens (tertiary/aromatic N) is 1. The van der Waals surface area contributed by atoms with Gasteiger partial charge in [0.1, 0.15) is 5.82 Å². The zero-order valence-corrected chi connectivity index (χ0v) is 15.3. The van der Waals surface area contributed by atoms with Crippen LogP contribution in [0.15, 0.2) is 47.0 Å². The summed E-state index contributed by atoms with van der Waals surface area (Å²) >= 11 is 0. The summed E-state index contributed by atoms with van der Waals surface area (Å²) in [7, 11) is 0. The Balaban J connectivity index is 0.00000109. The van der Waals surface area contributed by atoms with Gasteiger partial charge in [0, 0.05) is 17.6 Å². The zero-order chi connectivity index (χ0) is 18.2. The molecule has 1 atom stereocenters. The minimum Gasteiger partial charge on any atom is -0.340 e. The minimum absolute atomic E-state index is 0.128. The van der Waals surface area contributed by atoms with Crippen molar-refractivity contribution in [2.45, 2.75) is 40.0 Å². The molecule has 0 amide bonds. The smallest absolute Gasteiger partial charge is 0.259 e. The third kappa shape index (κ3) is 4.79. The van der Waals surface area contributed by atoms with Gasteiger partial charge < -0.3 is 16.0 Å². The fourth-order valence-electron chi connectivity index (χ4n) is 2.75. The molecule has 1 aliphatic carbocycles. The molecule has 0 aliphatic heterocycles. The maximum Gasteiger partial charge on any atom is 0.259 e. The van der Waals surface area contributed by atoms with Gasteiger partial charge in [-0.3, -0.25) is 4.79 Å². The number of hydrogen-bond acceptors (Lipinski definition) is 4. The lowest BCUT2D eigenvalue weighted by atomic mass is 10.0. The summed E-state index contributed by atoms with van der Waals surface area (Å²) in [6, 6.07) is 3.89. The second-order valence-corrected chi connectivity index (χ2v) is 6.04. The van der Waals surface area contributed by atoms with E-state index < -0.39 is 0 Å². The van der Waals surface area contributed by atoms with Gasteiger partial charge in [0.15, 0.2) is 0 Å². The van der Waals surface area contributed by atoms with E-state index in [1.165, 1.54) is 0 Å². The van der Waals surface area contributed by atoms with Crippen molar-refractivity contribution >= 4 is 16.6 Å². The van der Waals surface area contributed by atoms with Gasteiger partial charge in [0.25, 0.3) is 5.56 Å². The molecule has 0 saturated heterocycles. The first-order valence-corrected chi connectivity index (χ1v) is 9.02. The highest BCUT2D eigenvalue weighted by molar-refractivity contribution is 5.92. The summed E-state index contributed by atoms with van der Waals surface area (Å²) in [5.74, 6) is 0.963. The molecule has 5 nitrogen and oxygen atoms in total. The van der Waals surface area contributed by atoms with Gasteiger partial charge in [-0.25, -0.2) is 4.98 Å². The maximum atomic E-state index is 12.2. The molecule has 134 valence electrons. The standard InChI is InChI=1S/C18H22N4O.C2H6/c1-12(11-19)9-15-10-13-7-8-20-18(23)16(13)17(22-15)21-14-5-3-2-4-6-14;1-2/h3,5-8,10,12H,2,4,9,11,19H2,1H3,(H,20,23)(H,21,22);1-2H3. The van der Waals surface area contributed by atoms with Crippen molar-refractivity contribution in [3.05, 3.63) is 58.3 Å². The fourth-order valence-corrected chi connectivity index (χ4v) is 2.75. The second kappa shape index (κ2) is 9.18. The van der Waals surface area contributed by atoms with Crippen LogP contribution in [-0.4, -0.2) is 16.5 Å². The zero-order valence-electron chi connectivity index (χ0n) is 15.3. The van der Waals surface area contributed by atoms with E-state index in [9.17, 15) is 4.79 Å². The summed E-state index contributed by atoms with van der Waals surface area (Å²) in [6.07, 6.45) is 10.8. The molecule has 1 unspecified atom stereocenters. The molecule has 4 N–H and O–H groups in total. The monoisotopic (exact) mass is 340 g/mol. The van der Waals surface area contributed by atoms with Crippen LogP contribution in [0.25, 0.3) is 10.8 Å². The fraction of sp³-hybridized carbons (Fsp3) is 0.400. The van der Waals surface area contributed by atoms with Crippen LogP contribution in [0, 0.1) is 5.92 Å². The predicted octanol–water partition coefficient (Wildman–Crippen LogP) is 3.73. The van der Waals surface area contributed by atoms with Gasteiger partial charge >= 0.3 is 0 Å². The van der Waals surface area contributed by atoms with Crippen molar-refractivity contribution in [1.82, 2.24) is 9.97 Å². The maximum absolute atomic E-state index is 12.2. The lowest BCUT2D eigenvalue weighted by Gasteiger charge is -2.14. The highest BCUT2D eigenvalue weighted by Gasteiger charge is 2.12. The molecule has 1 aliphatic rings. The van der Waals surface area contributed by atoms with E-state index in [0.29, 0.717) is 23.7 Å². The quantitative estimate of drug-likeness (QED) is 0.774. The third-order valence-corrected chi connectivity index (χ3v) is 4.03. The lowest BCUT2D eigenvalue weighted by molar-refractivity contribution is 0.585. The molecule has 2 aromatic heterocycles. The number of hydrogen-bond donors (Lipinski definition) is 3. The lowest BCUT2D eigenvalue weighted by Crippen LogP contribution is -2.16. The molecule has 5 heteroatoms. The molecule has 0 fully saturated rings. The molecular weight excluding hydrogens is 312 g/mol. The number of nitrogens with one attached hydrogen (secondary N) is 2. The van der Waals surface area contributed by atoms with Crippen LogP contribution in [0.4, 0.5) is 5.82 Å². The number of aromatic amines is 1. The van der Waals surface area contributed by atoms with Gasteiger partial charge in [-0.1, -0.05) is 32.9 Å². The Morgan fingerprint density at radius 3 is 2.84 bits per heavy atom.